The average Bonchev–Trinajstić information content (AvgIpc) is 3.23. The summed E-state index contributed by atoms with van der Waals surface area (Å²) in [5.41, 5.74) is 5.02. The molecule has 0 saturated heterocycles. The van der Waals surface area contributed by atoms with Gasteiger partial charge in [-0.2, -0.15) is 0 Å². The Bertz CT molecular complexity index is 1180. The number of hydrogen-bond donors (Lipinski definition) is 1. The van der Waals surface area contributed by atoms with Crippen molar-refractivity contribution in [2.75, 3.05) is 13.2 Å². The van der Waals surface area contributed by atoms with Crippen LogP contribution in [0.5, 0.6) is 5.75 Å². The molecule has 0 atom stereocenters. The molecule has 0 radical (unpaired) electrons. The predicted molar refractivity (Wildman–Crippen MR) is 124 cm³/mol. The van der Waals surface area contributed by atoms with E-state index in [-0.39, 0.29) is 5.91 Å². The van der Waals surface area contributed by atoms with Gasteiger partial charge in [0.05, 0.1) is 12.3 Å². The van der Waals surface area contributed by atoms with Crippen LogP contribution in [0, 0.1) is 0 Å². The van der Waals surface area contributed by atoms with Crippen LogP contribution in [0.15, 0.2) is 85.2 Å². The number of nitrogens with zero attached hydrogens (tertiary/aromatic N) is 2. The van der Waals surface area contributed by atoms with Crippen molar-refractivity contribution >= 4 is 17.6 Å². The van der Waals surface area contributed by atoms with E-state index >= 15 is 0 Å². The van der Waals surface area contributed by atoms with Gasteiger partial charge in [0.15, 0.2) is 11.4 Å². The van der Waals surface area contributed by atoms with Crippen LogP contribution >= 0.6 is 0 Å². The molecule has 31 heavy (non-hydrogen) atoms. The van der Waals surface area contributed by atoms with Crippen molar-refractivity contribution < 1.29 is 9.53 Å². The Balaban J connectivity index is 1.30. The third kappa shape index (κ3) is 5.20. The van der Waals surface area contributed by atoms with Gasteiger partial charge in [-0.1, -0.05) is 54.6 Å². The lowest BCUT2D eigenvalue weighted by atomic mass is 10.0. The molecule has 5 nitrogen and oxygen atoms in total. The molecule has 2 aromatic heterocycles. The second-order valence-electron chi connectivity index (χ2n) is 7.13. The molecule has 0 unspecified atom stereocenters. The number of imidazole rings is 1. The summed E-state index contributed by atoms with van der Waals surface area (Å²) in [4.78, 5) is 16.8. The number of hydrogen-bond acceptors (Lipinski definition) is 3. The third-order valence-electron chi connectivity index (χ3n) is 4.92. The van der Waals surface area contributed by atoms with E-state index < -0.39 is 0 Å². The molecule has 1 N–H and O–H groups in total. The van der Waals surface area contributed by atoms with Gasteiger partial charge >= 0.3 is 0 Å². The normalized spacial score (nSPS) is 11.1. The minimum Gasteiger partial charge on any atom is -0.490 e. The van der Waals surface area contributed by atoms with E-state index in [1.165, 1.54) is 5.56 Å². The standard InChI is InChI=1S/C26H25N3O2/c1-2-31-24-9-6-18-29-19-23(28-26(24)29)16-17-27-25(30)15-12-20-10-13-22(14-11-20)21-7-4-3-5-8-21/h3-15,18-19H,2,16-17H2,1H3,(H,27,30)/b15-12+. The van der Waals surface area contributed by atoms with Gasteiger partial charge in [0.1, 0.15) is 0 Å². The van der Waals surface area contributed by atoms with Gasteiger partial charge in [0, 0.05) is 31.4 Å². The fourth-order valence-electron chi connectivity index (χ4n) is 3.39. The fourth-order valence-corrected chi connectivity index (χ4v) is 3.39. The van der Waals surface area contributed by atoms with Gasteiger partial charge in [-0.25, -0.2) is 4.98 Å². The quantitative estimate of drug-likeness (QED) is 0.425. The van der Waals surface area contributed by atoms with Crippen LogP contribution in [0.2, 0.25) is 0 Å². The SMILES string of the molecule is CCOc1cccn2cc(CCNC(=O)/C=C/c3ccc(-c4ccccc4)cc3)nc12. The van der Waals surface area contributed by atoms with Gasteiger partial charge in [-0.05, 0) is 41.8 Å². The van der Waals surface area contributed by atoms with Gasteiger partial charge in [-0.15, -0.1) is 0 Å². The largest absolute Gasteiger partial charge is 0.490 e. The molecule has 0 aliphatic heterocycles. The number of aromatic nitrogens is 2. The first-order chi connectivity index (χ1) is 15.2. The van der Waals surface area contributed by atoms with Gasteiger partial charge < -0.3 is 14.5 Å². The summed E-state index contributed by atoms with van der Waals surface area (Å²) in [6.45, 7) is 3.07. The average molecular weight is 412 g/mol. The second kappa shape index (κ2) is 9.76. The van der Waals surface area contributed by atoms with Crippen LogP contribution in [0.3, 0.4) is 0 Å². The minimum atomic E-state index is -0.120. The van der Waals surface area contributed by atoms with Crippen molar-refractivity contribution in [3.8, 4) is 16.9 Å². The van der Waals surface area contributed by atoms with Crippen molar-refractivity contribution in [1.82, 2.24) is 14.7 Å². The first kappa shape index (κ1) is 20.4. The van der Waals surface area contributed by atoms with Crippen LogP contribution in [0.4, 0.5) is 0 Å². The molecule has 4 aromatic rings. The molecule has 0 aliphatic carbocycles. The number of amides is 1. The van der Waals surface area contributed by atoms with Crippen molar-refractivity contribution in [3.63, 3.8) is 0 Å². The van der Waals surface area contributed by atoms with E-state index in [1.807, 2.05) is 72.3 Å². The van der Waals surface area contributed by atoms with Crippen LogP contribution in [-0.4, -0.2) is 28.4 Å². The first-order valence-electron chi connectivity index (χ1n) is 10.4. The second-order valence-corrected chi connectivity index (χ2v) is 7.13. The zero-order chi connectivity index (χ0) is 21.5. The van der Waals surface area contributed by atoms with E-state index in [2.05, 4.69) is 34.6 Å². The summed E-state index contributed by atoms with van der Waals surface area (Å²) >= 11 is 0. The summed E-state index contributed by atoms with van der Waals surface area (Å²) in [5.74, 6) is 0.646. The molecule has 156 valence electrons. The smallest absolute Gasteiger partial charge is 0.244 e. The zero-order valence-electron chi connectivity index (χ0n) is 17.5. The number of pyridine rings is 1. The maximum Gasteiger partial charge on any atom is 0.244 e. The highest BCUT2D eigenvalue weighted by Gasteiger charge is 2.07. The molecule has 1 amide bonds. The Morgan fingerprint density at radius 1 is 1.03 bits per heavy atom. The molecule has 0 saturated carbocycles. The molecule has 0 bridgehead atoms. The maximum absolute atomic E-state index is 12.2. The van der Waals surface area contributed by atoms with Gasteiger partial charge in [-0.3, -0.25) is 4.79 Å². The van der Waals surface area contributed by atoms with Gasteiger partial charge in [0.25, 0.3) is 0 Å². The van der Waals surface area contributed by atoms with E-state index in [4.69, 9.17) is 4.74 Å². The summed E-state index contributed by atoms with van der Waals surface area (Å²) < 4.78 is 7.56. The summed E-state index contributed by atoms with van der Waals surface area (Å²) in [6, 6.07) is 22.2. The van der Waals surface area contributed by atoms with Crippen molar-refractivity contribution in [3.05, 3.63) is 96.5 Å². The van der Waals surface area contributed by atoms with Crippen LogP contribution in [-0.2, 0) is 11.2 Å². The van der Waals surface area contributed by atoms with E-state index in [0.717, 1.165) is 28.2 Å². The Morgan fingerprint density at radius 2 is 1.81 bits per heavy atom. The van der Waals surface area contributed by atoms with Crippen molar-refractivity contribution in [2.24, 2.45) is 0 Å². The molecule has 0 aliphatic rings. The Labute approximate surface area is 182 Å². The topological polar surface area (TPSA) is 55.6 Å². The van der Waals surface area contributed by atoms with Crippen LogP contribution < -0.4 is 10.1 Å². The van der Waals surface area contributed by atoms with E-state index in [0.29, 0.717) is 19.6 Å². The third-order valence-corrected chi connectivity index (χ3v) is 4.92. The molecular weight excluding hydrogens is 386 g/mol. The Hall–Kier alpha value is -3.86. The highest BCUT2D eigenvalue weighted by Crippen LogP contribution is 2.20. The highest BCUT2D eigenvalue weighted by molar-refractivity contribution is 5.91. The van der Waals surface area contributed by atoms with Crippen molar-refractivity contribution in [1.29, 1.82) is 0 Å². The molecular formula is C26H25N3O2. The van der Waals surface area contributed by atoms with Crippen molar-refractivity contribution in [2.45, 2.75) is 13.3 Å². The zero-order valence-corrected chi connectivity index (χ0v) is 17.5. The Kier molecular flexibility index (Phi) is 6.43. The fraction of sp³-hybridized carbons (Fsp3) is 0.154. The number of carbonyl (C=O) groups excluding carboxylic acids is 1. The summed E-state index contributed by atoms with van der Waals surface area (Å²) in [5, 5.41) is 2.92. The van der Waals surface area contributed by atoms with E-state index in [9.17, 15) is 4.79 Å². The predicted octanol–water partition coefficient (Wildman–Crippen LogP) is 4.77. The number of ether oxygens (including phenoxy) is 1. The van der Waals surface area contributed by atoms with E-state index in [1.54, 1.807) is 6.08 Å². The first-order valence-corrected chi connectivity index (χ1v) is 10.4. The molecule has 5 heteroatoms. The maximum atomic E-state index is 12.2. The molecule has 2 aromatic carbocycles. The monoisotopic (exact) mass is 411 g/mol. The number of rotatable bonds is 8. The number of benzene rings is 2. The summed E-state index contributed by atoms with van der Waals surface area (Å²) in [7, 11) is 0. The molecule has 4 rings (SSSR count). The van der Waals surface area contributed by atoms with Crippen LogP contribution in [0.1, 0.15) is 18.2 Å². The lowest BCUT2D eigenvalue weighted by molar-refractivity contribution is -0.116. The Morgan fingerprint density at radius 3 is 2.58 bits per heavy atom. The molecule has 0 fully saturated rings. The molecule has 2 heterocycles. The minimum absolute atomic E-state index is 0.120. The van der Waals surface area contributed by atoms with Crippen LogP contribution in [0.25, 0.3) is 22.9 Å². The number of nitrogens with one attached hydrogen (secondary N) is 1. The lowest BCUT2D eigenvalue weighted by Gasteiger charge is -2.03. The lowest BCUT2D eigenvalue weighted by Crippen LogP contribution is -2.23. The highest BCUT2D eigenvalue weighted by atomic mass is 16.5. The molecule has 0 spiro atoms. The summed E-state index contributed by atoms with van der Waals surface area (Å²) in [6.07, 6.45) is 7.95. The van der Waals surface area contributed by atoms with Gasteiger partial charge in [0.2, 0.25) is 5.91 Å². The number of carbonyl (C=O) groups is 1. The number of fused-ring (bicyclic) bond motifs is 1.